The number of nitrogens with zero attached hydrogens (tertiary/aromatic N) is 1. The molecule has 0 atom stereocenters. The molecule has 0 heterocycles. The molecule has 1 rings (SSSR count). The van der Waals surface area contributed by atoms with Crippen LogP contribution in [0.1, 0.15) is 19.4 Å². The Morgan fingerprint density at radius 2 is 1.73 bits per heavy atom. The minimum absolute atomic E-state index is 0.144. The van der Waals surface area contributed by atoms with Gasteiger partial charge in [-0.05, 0) is 30.7 Å². The van der Waals surface area contributed by atoms with Gasteiger partial charge in [-0.3, -0.25) is 14.5 Å². The Morgan fingerprint density at radius 3 is 2.13 bits per heavy atom. The Labute approximate surface area is 88.1 Å². The molecule has 0 fully saturated rings. The number of rotatable bonds is 1. The van der Waals surface area contributed by atoms with Crippen LogP contribution in [0.25, 0.3) is 0 Å². The third-order valence-electron chi connectivity index (χ3n) is 2.07. The lowest BCUT2D eigenvalue weighted by molar-refractivity contribution is -0.124. The molecule has 0 unspecified atom stereocenters. The fourth-order valence-corrected chi connectivity index (χ4v) is 1.36. The van der Waals surface area contributed by atoms with Gasteiger partial charge in [0.2, 0.25) is 11.8 Å². The van der Waals surface area contributed by atoms with Crippen molar-refractivity contribution in [1.29, 1.82) is 0 Å². The molecule has 80 valence electrons. The molecule has 0 aliphatic rings. The summed E-state index contributed by atoms with van der Waals surface area (Å²) in [6.07, 6.45) is 0. The van der Waals surface area contributed by atoms with Crippen molar-refractivity contribution in [3.63, 3.8) is 0 Å². The van der Waals surface area contributed by atoms with E-state index >= 15 is 0 Å². The summed E-state index contributed by atoms with van der Waals surface area (Å²) in [6.45, 7) is 4.35. The average Bonchev–Trinajstić information content (AvgIpc) is 2.10. The molecule has 4 heteroatoms. The number of phenols is 1. The maximum Gasteiger partial charge on any atom is 0.230 e. The standard InChI is InChI=1S/C11H13NO3/c1-7-6-10(4-5-11(7)15)12(8(2)13)9(3)14/h4-6,15H,1-3H3. The second-order valence-corrected chi connectivity index (χ2v) is 3.34. The fraction of sp³-hybridized carbons (Fsp3) is 0.273. The number of aryl methyl sites for hydroxylation is 1. The number of carbonyl (C=O) groups is 2. The molecule has 2 amide bonds. The van der Waals surface area contributed by atoms with E-state index in [2.05, 4.69) is 0 Å². The third kappa shape index (κ3) is 2.34. The largest absolute Gasteiger partial charge is 0.508 e. The highest BCUT2D eigenvalue weighted by atomic mass is 16.3. The lowest BCUT2D eigenvalue weighted by Crippen LogP contribution is -2.33. The molecular weight excluding hydrogens is 194 g/mol. The Hall–Kier alpha value is -1.84. The lowest BCUT2D eigenvalue weighted by Gasteiger charge is -2.17. The highest BCUT2D eigenvalue weighted by molar-refractivity contribution is 6.13. The normalized spacial score (nSPS) is 9.80. The number of benzene rings is 1. The quantitative estimate of drug-likeness (QED) is 0.760. The minimum Gasteiger partial charge on any atom is -0.508 e. The van der Waals surface area contributed by atoms with Crippen LogP contribution in [0.5, 0.6) is 5.75 Å². The smallest absolute Gasteiger partial charge is 0.230 e. The van der Waals surface area contributed by atoms with Gasteiger partial charge >= 0.3 is 0 Å². The summed E-state index contributed by atoms with van der Waals surface area (Å²) >= 11 is 0. The van der Waals surface area contributed by atoms with Gasteiger partial charge in [-0.1, -0.05) is 0 Å². The highest BCUT2D eigenvalue weighted by Crippen LogP contribution is 2.23. The first-order chi connectivity index (χ1) is 6.93. The van der Waals surface area contributed by atoms with E-state index in [4.69, 9.17) is 0 Å². The van der Waals surface area contributed by atoms with E-state index < -0.39 is 0 Å². The van der Waals surface area contributed by atoms with Crippen molar-refractivity contribution in [1.82, 2.24) is 0 Å². The van der Waals surface area contributed by atoms with Gasteiger partial charge in [-0.15, -0.1) is 0 Å². The molecule has 0 bridgehead atoms. The summed E-state index contributed by atoms with van der Waals surface area (Å²) in [4.78, 5) is 23.5. The van der Waals surface area contributed by atoms with Crippen LogP contribution in [-0.4, -0.2) is 16.9 Å². The summed E-state index contributed by atoms with van der Waals surface area (Å²) in [5, 5.41) is 9.31. The maximum atomic E-state index is 11.2. The second kappa shape index (κ2) is 4.13. The Bertz CT molecular complexity index is 398. The van der Waals surface area contributed by atoms with Crippen LogP contribution >= 0.6 is 0 Å². The van der Waals surface area contributed by atoms with E-state index in [1.165, 1.54) is 26.0 Å². The van der Waals surface area contributed by atoms with Gasteiger partial charge in [-0.25, -0.2) is 0 Å². The number of hydrogen-bond acceptors (Lipinski definition) is 3. The Kier molecular flexibility index (Phi) is 3.09. The summed E-state index contributed by atoms with van der Waals surface area (Å²) in [6, 6.07) is 4.59. The predicted molar refractivity (Wildman–Crippen MR) is 56.7 cm³/mol. The Morgan fingerprint density at radius 1 is 1.20 bits per heavy atom. The topological polar surface area (TPSA) is 57.6 Å². The molecule has 0 aliphatic carbocycles. The van der Waals surface area contributed by atoms with Crippen LogP contribution in [0.3, 0.4) is 0 Å². The SMILES string of the molecule is CC(=O)N(C(C)=O)c1ccc(O)c(C)c1. The minimum atomic E-state index is -0.340. The highest BCUT2D eigenvalue weighted by Gasteiger charge is 2.16. The van der Waals surface area contributed by atoms with Gasteiger partial charge in [0.25, 0.3) is 0 Å². The average molecular weight is 207 g/mol. The molecule has 1 aromatic rings. The number of phenolic OH excluding ortho intramolecular Hbond substituents is 1. The van der Waals surface area contributed by atoms with Crippen molar-refractivity contribution < 1.29 is 14.7 Å². The zero-order chi connectivity index (χ0) is 11.6. The predicted octanol–water partition coefficient (Wildman–Crippen LogP) is 1.60. The van der Waals surface area contributed by atoms with E-state index in [9.17, 15) is 14.7 Å². The maximum absolute atomic E-state index is 11.2. The van der Waals surface area contributed by atoms with Gasteiger partial charge in [0.1, 0.15) is 5.75 Å². The number of amides is 2. The van der Waals surface area contributed by atoms with Crippen LogP contribution in [0, 0.1) is 6.92 Å². The molecule has 1 N–H and O–H groups in total. The van der Waals surface area contributed by atoms with Crippen molar-refractivity contribution in [2.45, 2.75) is 20.8 Å². The van der Waals surface area contributed by atoms with Crippen LogP contribution in [-0.2, 0) is 9.59 Å². The van der Waals surface area contributed by atoms with Gasteiger partial charge in [0.15, 0.2) is 0 Å². The van der Waals surface area contributed by atoms with E-state index in [1.807, 2.05) is 0 Å². The number of imide groups is 1. The fourth-order valence-electron chi connectivity index (χ4n) is 1.36. The van der Waals surface area contributed by atoms with Gasteiger partial charge in [-0.2, -0.15) is 0 Å². The zero-order valence-corrected chi connectivity index (χ0v) is 8.94. The first-order valence-electron chi connectivity index (χ1n) is 4.54. The number of carbonyl (C=O) groups excluding carboxylic acids is 2. The van der Waals surface area contributed by atoms with Crippen molar-refractivity contribution in [2.24, 2.45) is 0 Å². The third-order valence-corrected chi connectivity index (χ3v) is 2.07. The first kappa shape index (κ1) is 11.2. The van der Waals surface area contributed by atoms with Gasteiger partial charge in [0, 0.05) is 13.8 Å². The summed E-state index contributed by atoms with van der Waals surface area (Å²) < 4.78 is 0. The molecule has 0 aliphatic heterocycles. The van der Waals surface area contributed by atoms with Crippen LogP contribution in [0.4, 0.5) is 5.69 Å². The van der Waals surface area contributed by atoms with Crippen LogP contribution < -0.4 is 4.90 Å². The number of anilines is 1. The summed E-state index contributed by atoms with van der Waals surface area (Å²) in [5.74, 6) is -0.536. The summed E-state index contributed by atoms with van der Waals surface area (Å²) in [5.41, 5.74) is 1.10. The molecule has 0 saturated carbocycles. The molecule has 0 aromatic heterocycles. The van der Waals surface area contributed by atoms with Crippen molar-refractivity contribution in [3.05, 3.63) is 23.8 Å². The molecule has 0 radical (unpaired) electrons. The van der Waals surface area contributed by atoms with Crippen LogP contribution in [0.2, 0.25) is 0 Å². The van der Waals surface area contributed by atoms with E-state index in [-0.39, 0.29) is 17.6 Å². The van der Waals surface area contributed by atoms with Crippen molar-refractivity contribution in [3.8, 4) is 5.75 Å². The van der Waals surface area contributed by atoms with Gasteiger partial charge < -0.3 is 5.11 Å². The second-order valence-electron chi connectivity index (χ2n) is 3.34. The molecule has 1 aromatic carbocycles. The molecule has 15 heavy (non-hydrogen) atoms. The number of hydrogen-bond donors (Lipinski definition) is 1. The van der Waals surface area contributed by atoms with E-state index in [1.54, 1.807) is 13.0 Å². The zero-order valence-electron chi connectivity index (χ0n) is 8.94. The van der Waals surface area contributed by atoms with Crippen molar-refractivity contribution >= 4 is 17.5 Å². The Balaban J connectivity index is 3.18. The van der Waals surface area contributed by atoms with E-state index in [0.29, 0.717) is 11.3 Å². The van der Waals surface area contributed by atoms with Crippen LogP contribution in [0.15, 0.2) is 18.2 Å². The van der Waals surface area contributed by atoms with Crippen molar-refractivity contribution in [2.75, 3.05) is 4.90 Å². The molecule has 0 saturated heterocycles. The molecular formula is C11H13NO3. The summed E-state index contributed by atoms with van der Waals surface area (Å²) in [7, 11) is 0. The number of aromatic hydroxyl groups is 1. The lowest BCUT2D eigenvalue weighted by atomic mass is 10.2. The molecule has 0 spiro atoms. The van der Waals surface area contributed by atoms with Gasteiger partial charge in [0.05, 0.1) is 5.69 Å². The molecule has 4 nitrogen and oxygen atoms in total. The van der Waals surface area contributed by atoms with E-state index in [0.717, 1.165) is 4.90 Å². The first-order valence-corrected chi connectivity index (χ1v) is 4.54. The monoisotopic (exact) mass is 207 g/mol.